The van der Waals surface area contributed by atoms with E-state index in [0.717, 1.165) is 22.4 Å². The molecule has 0 saturated carbocycles. The Balaban J connectivity index is 2.34. The van der Waals surface area contributed by atoms with Crippen LogP contribution in [0.25, 0.3) is 11.3 Å². The maximum atomic E-state index is 5.61. The van der Waals surface area contributed by atoms with Crippen LogP contribution in [0.2, 0.25) is 0 Å². The van der Waals surface area contributed by atoms with E-state index in [-0.39, 0.29) is 0 Å². The van der Waals surface area contributed by atoms with Crippen molar-refractivity contribution in [1.29, 1.82) is 0 Å². The molecule has 0 amide bonds. The minimum atomic E-state index is 0.763. The lowest BCUT2D eigenvalue weighted by Gasteiger charge is -1.97. The van der Waals surface area contributed by atoms with Crippen molar-refractivity contribution >= 4 is 15.9 Å². The van der Waals surface area contributed by atoms with Crippen LogP contribution in [-0.2, 0) is 5.33 Å². The summed E-state index contributed by atoms with van der Waals surface area (Å²) in [6, 6.07) is 12.3. The summed E-state index contributed by atoms with van der Waals surface area (Å²) in [5.74, 6) is 1.89. The van der Waals surface area contributed by atoms with Crippen molar-refractivity contribution in [2.24, 2.45) is 0 Å². The molecule has 0 fully saturated rings. The molecule has 1 aromatic heterocycles. The van der Waals surface area contributed by atoms with Gasteiger partial charge in [-0.15, -0.1) is 0 Å². The molecular weight excluding hydrogens is 240 g/mol. The average Bonchev–Trinajstić information content (AvgIpc) is 2.67. The van der Waals surface area contributed by atoms with E-state index in [9.17, 15) is 0 Å². The minimum absolute atomic E-state index is 0.763. The van der Waals surface area contributed by atoms with Crippen LogP contribution in [0.1, 0.15) is 11.3 Å². The second kappa shape index (κ2) is 4.01. The van der Waals surface area contributed by atoms with Crippen LogP contribution in [0, 0.1) is 6.92 Å². The van der Waals surface area contributed by atoms with Gasteiger partial charge in [-0.1, -0.05) is 45.8 Å². The Hall–Kier alpha value is -1.02. The van der Waals surface area contributed by atoms with Gasteiger partial charge in [-0.05, 0) is 19.1 Å². The molecule has 0 aliphatic carbocycles. The van der Waals surface area contributed by atoms with Gasteiger partial charge in [0.25, 0.3) is 0 Å². The van der Waals surface area contributed by atoms with E-state index in [4.69, 9.17) is 4.42 Å². The zero-order valence-electron chi connectivity index (χ0n) is 7.96. The van der Waals surface area contributed by atoms with Crippen molar-refractivity contribution in [2.45, 2.75) is 12.3 Å². The van der Waals surface area contributed by atoms with Crippen LogP contribution >= 0.6 is 15.9 Å². The maximum absolute atomic E-state index is 5.61. The lowest BCUT2D eigenvalue weighted by molar-refractivity contribution is 0.545. The summed E-state index contributed by atoms with van der Waals surface area (Å²) in [6.07, 6.45) is 0. The highest BCUT2D eigenvalue weighted by Crippen LogP contribution is 2.23. The number of benzene rings is 1. The Morgan fingerprint density at radius 2 is 1.79 bits per heavy atom. The highest BCUT2D eigenvalue weighted by Gasteiger charge is 2.02. The van der Waals surface area contributed by atoms with Crippen molar-refractivity contribution < 1.29 is 4.42 Å². The summed E-state index contributed by atoms with van der Waals surface area (Å²) in [7, 11) is 0. The summed E-state index contributed by atoms with van der Waals surface area (Å²) < 4.78 is 5.61. The van der Waals surface area contributed by atoms with Gasteiger partial charge < -0.3 is 4.42 Å². The van der Waals surface area contributed by atoms with Crippen molar-refractivity contribution in [3.05, 3.63) is 47.7 Å². The number of furan rings is 1. The van der Waals surface area contributed by atoms with Gasteiger partial charge in [-0.3, -0.25) is 0 Å². The Bertz CT molecular complexity index is 414. The molecule has 0 atom stereocenters. The van der Waals surface area contributed by atoms with E-state index in [2.05, 4.69) is 47.1 Å². The third kappa shape index (κ3) is 1.90. The lowest BCUT2D eigenvalue weighted by atomic mass is 10.1. The minimum Gasteiger partial charge on any atom is -0.460 e. The van der Waals surface area contributed by atoms with E-state index in [1.54, 1.807) is 0 Å². The van der Waals surface area contributed by atoms with E-state index in [1.165, 1.54) is 5.56 Å². The fourth-order valence-electron chi connectivity index (χ4n) is 1.32. The van der Waals surface area contributed by atoms with Crippen LogP contribution in [-0.4, -0.2) is 0 Å². The topological polar surface area (TPSA) is 13.1 Å². The summed E-state index contributed by atoms with van der Waals surface area (Å²) >= 11 is 3.36. The predicted octanol–water partition coefficient (Wildman–Crippen LogP) is 4.15. The second-order valence-corrected chi connectivity index (χ2v) is 3.83. The van der Waals surface area contributed by atoms with E-state index < -0.39 is 0 Å². The van der Waals surface area contributed by atoms with Gasteiger partial charge in [0, 0.05) is 5.56 Å². The first-order valence-electron chi connectivity index (χ1n) is 4.51. The Morgan fingerprint density at radius 3 is 2.36 bits per heavy atom. The standard InChI is InChI=1S/C12H11BrO/c1-9-2-4-10(5-3-9)12-7-6-11(8-13)14-12/h2-7H,8H2,1H3. The summed E-state index contributed by atoms with van der Waals surface area (Å²) in [5.41, 5.74) is 2.39. The molecule has 0 bridgehead atoms. The van der Waals surface area contributed by atoms with Gasteiger partial charge in [0.1, 0.15) is 11.5 Å². The highest BCUT2D eigenvalue weighted by molar-refractivity contribution is 9.08. The molecule has 2 rings (SSSR count). The molecule has 0 spiro atoms. The Morgan fingerprint density at radius 1 is 1.07 bits per heavy atom. The number of rotatable bonds is 2. The summed E-state index contributed by atoms with van der Waals surface area (Å²) in [6.45, 7) is 2.08. The van der Waals surface area contributed by atoms with Crippen molar-refractivity contribution in [1.82, 2.24) is 0 Å². The van der Waals surface area contributed by atoms with Crippen LogP contribution in [0.5, 0.6) is 0 Å². The molecule has 0 saturated heterocycles. The largest absolute Gasteiger partial charge is 0.460 e. The first kappa shape index (κ1) is 9.53. The molecule has 1 nitrogen and oxygen atoms in total. The van der Waals surface area contributed by atoms with Gasteiger partial charge in [-0.2, -0.15) is 0 Å². The van der Waals surface area contributed by atoms with Gasteiger partial charge in [0.2, 0.25) is 0 Å². The monoisotopic (exact) mass is 250 g/mol. The van der Waals surface area contributed by atoms with Gasteiger partial charge in [0.05, 0.1) is 5.33 Å². The Kier molecular flexibility index (Phi) is 2.73. The molecule has 2 aromatic rings. The normalized spacial score (nSPS) is 10.4. The summed E-state index contributed by atoms with van der Waals surface area (Å²) in [5, 5.41) is 0.763. The number of halogens is 1. The molecule has 1 aromatic carbocycles. The second-order valence-electron chi connectivity index (χ2n) is 3.27. The lowest BCUT2D eigenvalue weighted by Crippen LogP contribution is -1.74. The predicted molar refractivity (Wildman–Crippen MR) is 61.5 cm³/mol. The fraction of sp³-hybridized carbons (Fsp3) is 0.167. The molecule has 72 valence electrons. The number of aryl methyl sites for hydroxylation is 1. The molecule has 0 radical (unpaired) electrons. The number of hydrogen-bond donors (Lipinski definition) is 0. The van der Waals surface area contributed by atoms with E-state index >= 15 is 0 Å². The van der Waals surface area contributed by atoms with Gasteiger partial charge in [0.15, 0.2) is 0 Å². The quantitative estimate of drug-likeness (QED) is 0.731. The van der Waals surface area contributed by atoms with Crippen molar-refractivity contribution in [3.63, 3.8) is 0 Å². The molecule has 0 unspecified atom stereocenters. The molecule has 14 heavy (non-hydrogen) atoms. The van der Waals surface area contributed by atoms with Crippen LogP contribution < -0.4 is 0 Å². The van der Waals surface area contributed by atoms with Crippen LogP contribution in [0.3, 0.4) is 0 Å². The third-order valence-corrected chi connectivity index (χ3v) is 2.68. The molecular formula is C12H11BrO. The highest BCUT2D eigenvalue weighted by atomic mass is 79.9. The molecule has 0 aliphatic heterocycles. The van der Waals surface area contributed by atoms with Crippen molar-refractivity contribution in [3.8, 4) is 11.3 Å². The van der Waals surface area contributed by atoms with Crippen LogP contribution in [0.15, 0.2) is 40.8 Å². The third-order valence-electron chi connectivity index (χ3n) is 2.13. The van der Waals surface area contributed by atoms with Gasteiger partial charge in [-0.25, -0.2) is 0 Å². The summed E-state index contributed by atoms with van der Waals surface area (Å²) in [4.78, 5) is 0. The molecule has 0 aliphatic rings. The zero-order valence-corrected chi connectivity index (χ0v) is 9.54. The van der Waals surface area contributed by atoms with E-state index in [0.29, 0.717) is 0 Å². The fourth-order valence-corrected chi connectivity index (χ4v) is 1.62. The Labute approximate surface area is 91.9 Å². The van der Waals surface area contributed by atoms with Crippen molar-refractivity contribution in [2.75, 3.05) is 0 Å². The smallest absolute Gasteiger partial charge is 0.134 e. The zero-order chi connectivity index (χ0) is 9.97. The van der Waals surface area contributed by atoms with Gasteiger partial charge >= 0.3 is 0 Å². The molecule has 0 N–H and O–H groups in total. The number of alkyl halides is 1. The molecule has 1 heterocycles. The van der Waals surface area contributed by atoms with Crippen LogP contribution in [0.4, 0.5) is 0 Å². The van der Waals surface area contributed by atoms with E-state index in [1.807, 2.05) is 12.1 Å². The molecule has 2 heteroatoms. The SMILES string of the molecule is Cc1ccc(-c2ccc(CBr)o2)cc1. The first-order chi connectivity index (χ1) is 6.79. The maximum Gasteiger partial charge on any atom is 0.134 e. The first-order valence-corrected chi connectivity index (χ1v) is 5.63. The number of hydrogen-bond acceptors (Lipinski definition) is 1. The average molecular weight is 251 g/mol.